The topological polar surface area (TPSA) is 105 Å². The molecule has 0 spiro atoms. The number of aromatic nitrogens is 2. The van der Waals surface area contributed by atoms with Crippen LogP contribution in [-0.4, -0.2) is 21.7 Å². The van der Waals surface area contributed by atoms with E-state index in [2.05, 4.69) is 20.5 Å². The Morgan fingerprint density at radius 1 is 1.26 bits per heavy atom. The average Bonchev–Trinajstić information content (AvgIpc) is 2.43. The zero-order chi connectivity index (χ0) is 13.8. The summed E-state index contributed by atoms with van der Waals surface area (Å²) in [5, 5.41) is 3.90. The van der Waals surface area contributed by atoms with E-state index in [1.165, 1.54) is 0 Å². The Kier molecular flexibility index (Phi) is 3.67. The Balaban J connectivity index is 2.38. The Hall–Kier alpha value is -2.54. The fourth-order valence-electron chi connectivity index (χ4n) is 1.65. The first-order chi connectivity index (χ1) is 9.11. The van der Waals surface area contributed by atoms with Crippen molar-refractivity contribution >= 4 is 22.8 Å². The molecule has 0 aliphatic heterocycles. The number of carbonyl (C=O) groups is 1. The minimum absolute atomic E-state index is 0.555. The van der Waals surface area contributed by atoms with E-state index in [1.807, 2.05) is 36.6 Å². The van der Waals surface area contributed by atoms with Gasteiger partial charge in [0.1, 0.15) is 5.69 Å². The summed E-state index contributed by atoms with van der Waals surface area (Å²) in [6, 6.07) is 6.97. The van der Waals surface area contributed by atoms with Crippen molar-refractivity contribution in [2.45, 2.75) is 13.8 Å². The van der Waals surface area contributed by atoms with E-state index in [1.54, 1.807) is 6.92 Å². The van der Waals surface area contributed by atoms with E-state index in [0.29, 0.717) is 11.4 Å². The normalized spacial score (nSPS) is 11.4. The smallest absolute Gasteiger partial charge is 0.274 e. The highest BCUT2D eigenvalue weighted by atomic mass is 16.2. The number of benzene rings is 1. The van der Waals surface area contributed by atoms with Crippen molar-refractivity contribution < 1.29 is 4.79 Å². The van der Waals surface area contributed by atoms with Gasteiger partial charge < -0.3 is 0 Å². The fourth-order valence-corrected chi connectivity index (χ4v) is 1.65. The van der Waals surface area contributed by atoms with Crippen molar-refractivity contribution in [3.05, 3.63) is 35.7 Å². The highest BCUT2D eigenvalue weighted by Crippen LogP contribution is 2.12. The van der Waals surface area contributed by atoms with Crippen LogP contribution in [0.5, 0.6) is 0 Å². The summed E-state index contributed by atoms with van der Waals surface area (Å²) >= 11 is 0. The largest absolute Gasteiger partial charge is 0.349 e. The van der Waals surface area contributed by atoms with Crippen LogP contribution in [0.4, 0.5) is 4.79 Å². The third kappa shape index (κ3) is 2.83. The van der Waals surface area contributed by atoms with Crippen LogP contribution in [-0.2, 0) is 0 Å². The zero-order valence-electron chi connectivity index (χ0n) is 10.6. The molecule has 1 aromatic heterocycles. The van der Waals surface area contributed by atoms with Crippen LogP contribution in [0.25, 0.3) is 11.0 Å². The second-order valence-corrected chi connectivity index (χ2v) is 3.93. The van der Waals surface area contributed by atoms with Crippen LogP contribution < -0.4 is 16.7 Å². The molecule has 1 heterocycles. The molecule has 0 unspecified atom stereocenters. The van der Waals surface area contributed by atoms with Crippen molar-refractivity contribution in [1.29, 1.82) is 0 Å². The lowest BCUT2D eigenvalue weighted by molar-refractivity contribution is 0.241. The van der Waals surface area contributed by atoms with Crippen molar-refractivity contribution in [3.63, 3.8) is 0 Å². The first kappa shape index (κ1) is 12.9. The maximum Gasteiger partial charge on any atom is 0.349 e. The van der Waals surface area contributed by atoms with Gasteiger partial charge in [0.05, 0.1) is 22.4 Å². The molecule has 2 amide bonds. The summed E-state index contributed by atoms with van der Waals surface area (Å²) in [7, 11) is 0. The molecule has 0 bridgehead atoms. The van der Waals surface area contributed by atoms with Gasteiger partial charge in [-0.3, -0.25) is 5.43 Å². The molecule has 0 aliphatic carbocycles. The lowest BCUT2D eigenvalue weighted by atomic mass is 10.2. The first-order valence-corrected chi connectivity index (χ1v) is 5.66. The van der Waals surface area contributed by atoms with E-state index in [-0.39, 0.29) is 0 Å². The van der Waals surface area contributed by atoms with Crippen molar-refractivity contribution in [2.75, 3.05) is 0 Å². The van der Waals surface area contributed by atoms with E-state index < -0.39 is 6.03 Å². The number of aryl methyl sites for hydroxylation is 1. The summed E-state index contributed by atoms with van der Waals surface area (Å²) < 4.78 is 0. The molecular weight excluding hydrogens is 244 g/mol. The molecule has 98 valence electrons. The van der Waals surface area contributed by atoms with Crippen molar-refractivity contribution in [1.82, 2.24) is 20.8 Å². The molecular formula is C12H14N6O. The Bertz CT molecular complexity index is 652. The number of nitrogens with two attached hydrogens (primary N) is 1. The van der Waals surface area contributed by atoms with Crippen LogP contribution in [0.15, 0.2) is 29.4 Å². The lowest BCUT2D eigenvalue weighted by Gasteiger charge is -2.06. The highest BCUT2D eigenvalue weighted by Gasteiger charge is 2.08. The Labute approximate surface area is 109 Å². The van der Waals surface area contributed by atoms with Gasteiger partial charge in [0, 0.05) is 0 Å². The van der Waals surface area contributed by atoms with Gasteiger partial charge in [0.15, 0.2) is 0 Å². The number of para-hydroxylation sites is 2. The minimum Gasteiger partial charge on any atom is -0.274 e. The molecule has 19 heavy (non-hydrogen) atoms. The summed E-state index contributed by atoms with van der Waals surface area (Å²) in [6.45, 7) is 3.58. The number of nitrogens with zero attached hydrogens (tertiary/aromatic N) is 3. The van der Waals surface area contributed by atoms with Gasteiger partial charge in [-0.15, -0.1) is 0 Å². The lowest BCUT2D eigenvalue weighted by Crippen LogP contribution is -2.37. The summed E-state index contributed by atoms with van der Waals surface area (Å²) in [5.41, 5.74) is 7.71. The molecule has 2 aromatic rings. The maximum absolute atomic E-state index is 11.0. The molecule has 0 saturated heterocycles. The van der Waals surface area contributed by atoms with E-state index >= 15 is 0 Å². The molecule has 7 nitrogen and oxygen atoms in total. The predicted octanol–water partition coefficient (Wildman–Crippen LogP) is 0.835. The number of amides is 2. The second kappa shape index (κ2) is 5.40. The zero-order valence-corrected chi connectivity index (χ0v) is 10.6. The predicted molar refractivity (Wildman–Crippen MR) is 72.3 cm³/mol. The van der Waals surface area contributed by atoms with Gasteiger partial charge in [-0.1, -0.05) is 12.1 Å². The second-order valence-electron chi connectivity index (χ2n) is 3.93. The van der Waals surface area contributed by atoms with Gasteiger partial charge >= 0.3 is 6.03 Å². The van der Waals surface area contributed by atoms with Crippen LogP contribution in [0.2, 0.25) is 0 Å². The summed E-state index contributed by atoms with van der Waals surface area (Å²) in [6.07, 6.45) is 0. The van der Waals surface area contributed by atoms with E-state index in [4.69, 9.17) is 5.84 Å². The van der Waals surface area contributed by atoms with Gasteiger partial charge in [0.25, 0.3) is 0 Å². The molecule has 4 N–H and O–H groups in total. The molecule has 0 radical (unpaired) electrons. The summed E-state index contributed by atoms with van der Waals surface area (Å²) in [5.74, 6) is 4.94. The number of carbonyl (C=O) groups excluding carboxylic acids is 1. The molecule has 7 heteroatoms. The molecule has 0 saturated carbocycles. The maximum atomic E-state index is 11.0. The molecule has 0 fully saturated rings. The number of urea groups is 1. The molecule has 0 aliphatic rings. The number of hydrazone groups is 1. The molecule has 0 atom stereocenters. The number of hydrogen-bond donors (Lipinski definition) is 3. The third-order valence-corrected chi connectivity index (χ3v) is 2.54. The van der Waals surface area contributed by atoms with E-state index in [0.717, 1.165) is 16.7 Å². The Morgan fingerprint density at radius 2 is 1.89 bits per heavy atom. The van der Waals surface area contributed by atoms with Crippen LogP contribution in [0, 0.1) is 6.92 Å². The number of hydrazine groups is 1. The SMILES string of the molecule is CC(=NNC(=O)NN)c1nc2ccccc2nc1C. The number of hydrogen-bond acceptors (Lipinski definition) is 5. The first-order valence-electron chi connectivity index (χ1n) is 5.66. The van der Waals surface area contributed by atoms with Crippen molar-refractivity contribution in [3.8, 4) is 0 Å². The third-order valence-electron chi connectivity index (χ3n) is 2.54. The van der Waals surface area contributed by atoms with Crippen LogP contribution in [0.3, 0.4) is 0 Å². The van der Waals surface area contributed by atoms with Gasteiger partial charge in [-0.05, 0) is 26.0 Å². The van der Waals surface area contributed by atoms with Crippen molar-refractivity contribution in [2.24, 2.45) is 10.9 Å². The summed E-state index contributed by atoms with van der Waals surface area (Å²) in [4.78, 5) is 19.9. The monoisotopic (exact) mass is 258 g/mol. The van der Waals surface area contributed by atoms with Gasteiger partial charge in [-0.2, -0.15) is 5.10 Å². The fraction of sp³-hybridized carbons (Fsp3) is 0.167. The standard InChI is InChI=1S/C12H14N6O/c1-7-11(8(2)17-18-12(19)16-13)15-10-6-4-3-5-9(10)14-7/h3-6H,13H2,1-2H3,(H2,16,18,19). The quantitative estimate of drug-likeness (QED) is 0.321. The van der Waals surface area contributed by atoms with E-state index in [9.17, 15) is 4.79 Å². The molecule has 2 rings (SSSR count). The number of rotatable bonds is 2. The highest BCUT2D eigenvalue weighted by molar-refractivity contribution is 5.99. The van der Waals surface area contributed by atoms with Gasteiger partial charge in [-0.25, -0.2) is 26.0 Å². The van der Waals surface area contributed by atoms with Gasteiger partial charge in [0.2, 0.25) is 0 Å². The average molecular weight is 258 g/mol. The van der Waals surface area contributed by atoms with Crippen LogP contribution in [0.1, 0.15) is 18.3 Å². The van der Waals surface area contributed by atoms with Crippen LogP contribution >= 0.6 is 0 Å². The Morgan fingerprint density at radius 3 is 2.53 bits per heavy atom. The molecule has 1 aromatic carbocycles. The number of fused-ring (bicyclic) bond motifs is 1. The number of nitrogens with one attached hydrogen (secondary N) is 2. The minimum atomic E-state index is -0.592.